The van der Waals surface area contributed by atoms with Gasteiger partial charge < -0.3 is 0 Å². The van der Waals surface area contributed by atoms with Gasteiger partial charge in [-0.05, 0) is 38.6 Å². The van der Waals surface area contributed by atoms with Crippen molar-refractivity contribution in [2.75, 3.05) is 18.9 Å². The number of hydrogen-bond donors (Lipinski definition) is 1. The van der Waals surface area contributed by atoms with E-state index in [9.17, 15) is 0 Å². The first-order valence-electron chi connectivity index (χ1n) is 6.90. The number of piperidine rings is 1. The van der Waals surface area contributed by atoms with Gasteiger partial charge >= 0.3 is 0 Å². The van der Waals surface area contributed by atoms with Crippen molar-refractivity contribution in [3.8, 4) is 0 Å². The van der Waals surface area contributed by atoms with Crippen LogP contribution in [0.4, 0.5) is 11.9 Å². The van der Waals surface area contributed by atoms with Crippen LogP contribution < -0.4 is 5.32 Å². The molecule has 1 aliphatic heterocycles. The van der Waals surface area contributed by atoms with Gasteiger partial charge in [-0.1, -0.05) is 6.42 Å². The van der Waals surface area contributed by atoms with E-state index in [0.717, 1.165) is 18.7 Å². The van der Waals surface area contributed by atoms with E-state index in [1.807, 2.05) is 6.07 Å². The van der Waals surface area contributed by atoms with Crippen LogP contribution in [0.5, 0.6) is 0 Å². The molecule has 1 aliphatic rings. The Labute approximate surface area is 118 Å². The van der Waals surface area contributed by atoms with E-state index in [1.54, 1.807) is 24.7 Å². The SMILES string of the molecule is CN1CCCC[C@H]1c1ccnc(Nc2ncccn2)n1. The van der Waals surface area contributed by atoms with Gasteiger partial charge in [0.05, 0.1) is 11.7 Å². The maximum absolute atomic E-state index is 4.60. The van der Waals surface area contributed by atoms with Crippen LogP contribution in [0.2, 0.25) is 0 Å². The summed E-state index contributed by atoms with van der Waals surface area (Å²) in [5.74, 6) is 1.06. The van der Waals surface area contributed by atoms with Gasteiger partial charge in [-0.25, -0.2) is 19.9 Å². The molecule has 0 spiro atoms. The highest BCUT2D eigenvalue weighted by Crippen LogP contribution is 2.28. The van der Waals surface area contributed by atoms with Gasteiger partial charge in [0.25, 0.3) is 0 Å². The summed E-state index contributed by atoms with van der Waals surface area (Å²) in [5, 5.41) is 3.04. The van der Waals surface area contributed by atoms with Crippen LogP contribution in [-0.4, -0.2) is 38.4 Å². The molecule has 20 heavy (non-hydrogen) atoms. The summed E-state index contributed by atoms with van der Waals surface area (Å²) in [4.78, 5) is 19.4. The number of rotatable bonds is 3. The number of anilines is 2. The normalized spacial score (nSPS) is 19.8. The van der Waals surface area contributed by atoms with Gasteiger partial charge in [0, 0.05) is 18.6 Å². The van der Waals surface area contributed by atoms with Crippen LogP contribution in [0, 0.1) is 0 Å². The first kappa shape index (κ1) is 12.9. The summed E-state index contributed by atoms with van der Waals surface area (Å²) < 4.78 is 0. The highest BCUT2D eigenvalue weighted by atomic mass is 15.2. The van der Waals surface area contributed by atoms with Crippen molar-refractivity contribution in [3.63, 3.8) is 0 Å². The molecule has 3 heterocycles. The summed E-state index contributed by atoms with van der Waals surface area (Å²) >= 11 is 0. The molecule has 6 nitrogen and oxygen atoms in total. The van der Waals surface area contributed by atoms with Crippen LogP contribution in [-0.2, 0) is 0 Å². The Kier molecular flexibility index (Phi) is 3.83. The molecule has 1 saturated heterocycles. The van der Waals surface area contributed by atoms with Crippen molar-refractivity contribution in [1.29, 1.82) is 0 Å². The topological polar surface area (TPSA) is 66.8 Å². The number of likely N-dealkylation sites (tertiary alicyclic amines) is 1. The van der Waals surface area contributed by atoms with Gasteiger partial charge in [0.1, 0.15) is 0 Å². The Morgan fingerprint density at radius 1 is 1.10 bits per heavy atom. The van der Waals surface area contributed by atoms with Gasteiger partial charge in [-0.15, -0.1) is 0 Å². The van der Waals surface area contributed by atoms with Gasteiger partial charge in [-0.3, -0.25) is 10.2 Å². The standard InChI is InChI=1S/C14H18N6/c1-20-10-3-2-5-12(20)11-6-9-17-14(18-11)19-13-15-7-4-8-16-13/h4,6-9,12H,2-3,5,10H2,1H3,(H,15,16,17,18,19)/t12-/m0/s1. The first-order valence-corrected chi connectivity index (χ1v) is 6.90. The Morgan fingerprint density at radius 2 is 1.90 bits per heavy atom. The molecule has 6 heteroatoms. The average Bonchev–Trinajstić information content (AvgIpc) is 2.49. The van der Waals surface area contributed by atoms with Crippen molar-refractivity contribution in [3.05, 3.63) is 36.4 Å². The second-order valence-electron chi connectivity index (χ2n) is 4.99. The summed E-state index contributed by atoms with van der Waals surface area (Å²) in [6, 6.07) is 4.15. The van der Waals surface area contributed by atoms with E-state index in [0.29, 0.717) is 17.9 Å². The smallest absolute Gasteiger partial charge is 0.229 e. The van der Waals surface area contributed by atoms with Crippen LogP contribution in [0.3, 0.4) is 0 Å². The van der Waals surface area contributed by atoms with Crippen molar-refractivity contribution in [2.24, 2.45) is 0 Å². The molecule has 104 valence electrons. The zero-order valence-electron chi connectivity index (χ0n) is 11.5. The fraction of sp³-hybridized carbons (Fsp3) is 0.429. The Hall–Kier alpha value is -2.08. The molecule has 0 radical (unpaired) electrons. The van der Waals surface area contributed by atoms with Gasteiger partial charge in [-0.2, -0.15) is 0 Å². The lowest BCUT2D eigenvalue weighted by atomic mass is 10.00. The number of aromatic nitrogens is 4. The highest BCUT2D eigenvalue weighted by molar-refractivity contribution is 5.41. The molecule has 0 saturated carbocycles. The summed E-state index contributed by atoms with van der Waals surface area (Å²) in [7, 11) is 2.15. The lowest BCUT2D eigenvalue weighted by Gasteiger charge is -2.31. The van der Waals surface area contributed by atoms with Crippen LogP contribution in [0.1, 0.15) is 31.0 Å². The summed E-state index contributed by atoms with van der Waals surface area (Å²) in [6.45, 7) is 1.12. The molecule has 0 unspecified atom stereocenters. The highest BCUT2D eigenvalue weighted by Gasteiger charge is 2.22. The minimum Gasteiger partial charge on any atom is -0.298 e. The molecule has 2 aromatic rings. The third-order valence-corrected chi connectivity index (χ3v) is 3.58. The molecule has 0 amide bonds. The Morgan fingerprint density at radius 3 is 2.70 bits per heavy atom. The molecule has 1 N–H and O–H groups in total. The number of nitrogens with zero attached hydrogens (tertiary/aromatic N) is 5. The van der Waals surface area contributed by atoms with Crippen molar-refractivity contribution in [2.45, 2.75) is 25.3 Å². The summed E-state index contributed by atoms with van der Waals surface area (Å²) in [6.07, 6.45) is 8.83. The largest absolute Gasteiger partial charge is 0.298 e. The Balaban J connectivity index is 1.79. The van der Waals surface area contributed by atoms with Crippen molar-refractivity contribution in [1.82, 2.24) is 24.8 Å². The molecular weight excluding hydrogens is 252 g/mol. The maximum Gasteiger partial charge on any atom is 0.229 e. The molecule has 3 rings (SSSR count). The monoisotopic (exact) mass is 270 g/mol. The van der Waals surface area contributed by atoms with E-state index in [2.05, 4.69) is 37.2 Å². The number of nitrogens with one attached hydrogen (secondary N) is 1. The van der Waals surface area contributed by atoms with E-state index in [-0.39, 0.29) is 0 Å². The van der Waals surface area contributed by atoms with Gasteiger partial charge in [0.15, 0.2) is 0 Å². The predicted octanol–water partition coefficient (Wildman–Crippen LogP) is 2.17. The van der Waals surface area contributed by atoms with Crippen LogP contribution in [0.25, 0.3) is 0 Å². The number of hydrogen-bond acceptors (Lipinski definition) is 6. The van der Waals surface area contributed by atoms with Crippen LogP contribution in [0.15, 0.2) is 30.7 Å². The zero-order chi connectivity index (χ0) is 13.8. The fourth-order valence-corrected chi connectivity index (χ4v) is 2.53. The maximum atomic E-state index is 4.60. The van der Waals surface area contributed by atoms with Crippen LogP contribution >= 0.6 is 0 Å². The van der Waals surface area contributed by atoms with E-state index in [4.69, 9.17) is 0 Å². The van der Waals surface area contributed by atoms with E-state index >= 15 is 0 Å². The Bertz CT molecular complexity index is 559. The minimum atomic E-state index is 0.379. The fourth-order valence-electron chi connectivity index (χ4n) is 2.53. The average molecular weight is 270 g/mol. The molecule has 1 fully saturated rings. The zero-order valence-corrected chi connectivity index (χ0v) is 11.5. The lowest BCUT2D eigenvalue weighted by Crippen LogP contribution is -2.30. The van der Waals surface area contributed by atoms with Gasteiger partial charge in [0.2, 0.25) is 11.9 Å². The second-order valence-corrected chi connectivity index (χ2v) is 4.99. The summed E-state index contributed by atoms with van der Waals surface area (Å²) in [5.41, 5.74) is 1.06. The predicted molar refractivity (Wildman–Crippen MR) is 76.6 cm³/mol. The third-order valence-electron chi connectivity index (χ3n) is 3.58. The molecule has 0 bridgehead atoms. The molecular formula is C14H18N6. The molecule has 0 aromatic carbocycles. The third kappa shape index (κ3) is 2.91. The minimum absolute atomic E-state index is 0.379. The van der Waals surface area contributed by atoms with Crippen molar-refractivity contribution < 1.29 is 0 Å². The second kappa shape index (κ2) is 5.92. The van der Waals surface area contributed by atoms with E-state index < -0.39 is 0 Å². The molecule has 1 atom stereocenters. The van der Waals surface area contributed by atoms with E-state index in [1.165, 1.54) is 12.8 Å². The molecule has 0 aliphatic carbocycles. The lowest BCUT2D eigenvalue weighted by molar-refractivity contribution is 0.183. The first-order chi connectivity index (χ1) is 9.83. The van der Waals surface area contributed by atoms with Crippen molar-refractivity contribution >= 4 is 11.9 Å². The quantitative estimate of drug-likeness (QED) is 0.922. The molecule has 2 aromatic heterocycles.